The van der Waals surface area contributed by atoms with Crippen LogP contribution in [0.2, 0.25) is 5.02 Å². The first-order valence-electron chi connectivity index (χ1n) is 9.22. The van der Waals surface area contributed by atoms with Crippen molar-refractivity contribution in [3.05, 3.63) is 70.8 Å². The number of nitrogens with zero attached hydrogens (tertiary/aromatic N) is 2. The fourth-order valence-corrected chi connectivity index (χ4v) is 4.46. The number of morpholine rings is 1. The molecule has 0 atom stereocenters. The second kappa shape index (κ2) is 9.54. The summed E-state index contributed by atoms with van der Waals surface area (Å²) in [5.41, 5.74) is 1.73. The van der Waals surface area contributed by atoms with Crippen molar-refractivity contribution in [2.24, 2.45) is 0 Å². The highest BCUT2D eigenvalue weighted by Crippen LogP contribution is 2.18. The van der Waals surface area contributed by atoms with Crippen LogP contribution in [0.1, 0.15) is 11.1 Å². The molecule has 0 bridgehead atoms. The Morgan fingerprint density at radius 2 is 1.72 bits per heavy atom. The monoisotopic (exact) mass is 434 g/mol. The summed E-state index contributed by atoms with van der Waals surface area (Å²) in [6, 6.07) is 13.8. The molecule has 0 spiro atoms. The van der Waals surface area contributed by atoms with E-state index in [0.717, 1.165) is 11.1 Å². The molecule has 29 heavy (non-hydrogen) atoms. The number of carbonyl (C=O) groups is 1. The summed E-state index contributed by atoms with van der Waals surface area (Å²) in [5.74, 6) is -0.148. The van der Waals surface area contributed by atoms with Crippen LogP contribution in [0.5, 0.6) is 0 Å². The lowest BCUT2D eigenvalue weighted by Gasteiger charge is -2.26. The number of carbonyl (C=O) groups excluding carboxylic acids is 1. The summed E-state index contributed by atoms with van der Waals surface area (Å²) in [5, 5.41) is 0.654. The van der Waals surface area contributed by atoms with Crippen molar-refractivity contribution in [3.8, 4) is 0 Å². The Kier molecular flexibility index (Phi) is 7.08. The third kappa shape index (κ3) is 5.67. The Morgan fingerprint density at radius 3 is 2.34 bits per heavy atom. The van der Waals surface area contributed by atoms with Crippen LogP contribution < -0.4 is 0 Å². The maximum Gasteiger partial charge on any atom is 0.246 e. The average molecular weight is 435 g/mol. The van der Waals surface area contributed by atoms with Crippen molar-refractivity contribution in [1.29, 1.82) is 0 Å². The van der Waals surface area contributed by atoms with E-state index in [9.17, 15) is 13.2 Å². The lowest BCUT2D eigenvalue weighted by atomic mass is 10.2. The average Bonchev–Trinajstić information content (AvgIpc) is 2.74. The summed E-state index contributed by atoms with van der Waals surface area (Å²) in [6.07, 6.45) is 3.15. The standard InChI is InChI=1S/C21H23ClN2O4S/c1-23(16-18-2-7-19(22)8-3-18)21(25)11-6-17-4-9-20(10-5-17)29(26,27)24-12-14-28-15-13-24/h2-11H,12-16H2,1H3/b11-6+. The molecule has 0 radical (unpaired) electrons. The molecule has 0 aromatic heterocycles. The van der Waals surface area contributed by atoms with Gasteiger partial charge in [0, 0.05) is 37.8 Å². The molecule has 1 fully saturated rings. The topological polar surface area (TPSA) is 66.9 Å². The number of likely N-dealkylation sites (N-methyl/N-ethyl adjacent to an activating group) is 1. The molecular weight excluding hydrogens is 412 g/mol. The second-order valence-electron chi connectivity index (χ2n) is 6.74. The molecule has 154 valence electrons. The molecule has 6 nitrogen and oxygen atoms in total. The molecule has 1 heterocycles. The molecular formula is C21H23ClN2O4S. The van der Waals surface area contributed by atoms with Gasteiger partial charge in [0.05, 0.1) is 18.1 Å². The predicted octanol–water partition coefficient (Wildman–Crippen LogP) is 3.03. The highest BCUT2D eigenvalue weighted by molar-refractivity contribution is 7.89. The minimum absolute atomic E-state index is 0.148. The van der Waals surface area contributed by atoms with Crippen LogP contribution in [-0.2, 0) is 26.1 Å². The predicted molar refractivity (Wildman–Crippen MR) is 113 cm³/mol. The van der Waals surface area contributed by atoms with Crippen LogP contribution in [0.15, 0.2) is 59.5 Å². The SMILES string of the molecule is CN(Cc1ccc(Cl)cc1)C(=O)/C=C/c1ccc(S(=O)(=O)N2CCOCC2)cc1. The third-order valence-corrected chi connectivity index (χ3v) is 6.78. The fourth-order valence-electron chi connectivity index (χ4n) is 2.92. The Balaban J connectivity index is 1.61. The Hall–Kier alpha value is -2.19. The molecule has 1 aliphatic heterocycles. The zero-order chi connectivity index (χ0) is 20.9. The summed E-state index contributed by atoms with van der Waals surface area (Å²) >= 11 is 5.87. The number of rotatable bonds is 6. The molecule has 2 aromatic carbocycles. The van der Waals surface area contributed by atoms with Gasteiger partial charge in [-0.1, -0.05) is 35.9 Å². The quantitative estimate of drug-likeness (QED) is 0.655. The molecule has 1 aliphatic rings. The van der Waals surface area contributed by atoms with Crippen LogP contribution >= 0.6 is 11.6 Å². The maximum atomic E-state index is 12.6. The summed E-state index contributed by atoms with van der Waals surface area (Å²) in [4.78, 5) is 14.2. The van der Waals surface area contributed by atoms with Crippen molar-refractivity contribution in [1.82, 2.24) is 9.21 Å². The van der Waals surface area contributed by atoms with Crippen LogP contribution in [0.4, 0.5) is 0 Å². The third-order valence-electron chi connectivity index (χ3n) is 4.62. The van der Waals surface area contributed by atoms with Gasteiger partial charge in [-0.2, -0.15) is 4.31 Å². The van der Waals surface area contributed by atoms with E-state index in [-0.39, 0.29) is 10.8 Å². The minimum Gasteiger partial charge on any atom is -0.379 e. The van der Waals surface area contributed by atoms with E-state index in [1.807, 2.05) is 12.1 Å². The number of hydrogen-bond donors (Lipinski definition) is 0. The van der Waals surface area contributed by atoms with Gasteiger partial charge in [-0.3, -0.25) is 4.79 Å². The van der Waals surface area contributed by atoms with Gasteiger partial charge < -0.3 is 9.64 Å². The number of ether oxygens (including phenoxy) is 1. The van der Waals surface area contributed by atoms with E-state index in [4.69, 9.17) is 16.3 Å². The van der Waals surface area contributed by atoms with Gasteiger partial charge in [0.25, 0.3) is 0 Å². The van der Waals surface area contributed by atoms with Gasteiger partial charge in [0.2, 0.25) is 15.9 Å². The highest BCUT2D eigenvalue weighted by atomic mass is 35.5. The Labute approximate surface area is 176 Å². The molecule has 0 unspecified atom stereocenters. The van der Waals surface area contributed by atoms with Crippen molar-refractivity contribution in [2.45, 2.75) is 11.4 Å². The summed E-state index contributed by atoms with van der Waals surface area (Å²) in [7, 11) is -1.80. The van der Waals surface area contributed by atoms with E-state index in [1.165, 1.54) is 10.4 Å². The largest absolute Gasteiger partial charge is 0.379 e. The smallest absolute Gasteiger partial charge is 0.246 e. The second-order valence-corrected chi connectivity index (χ2v) is 9.11. The number of halogens is 1. The number of amides is 1. The lowest BCUT2D eigenvalue weighted by Crippen LogP contribution is -2.40. The molecule has 2 aromatic rings. The summed E-state index contributed by atoms with van der Waals surface area (Å²) < 4.78 is 31.9. The van der Waals surface area contributed by atoms with Crippen molar-refractivity contribution < 1.29 is 17.9 Å². The maximum absolute atomic E-state index is 12.6. The van der Waals surface area contributed by atoms with Crippen molar-refractivity contribution in [2.75, 3.05) is 33.4 Å². The van der Waals surface area contributed by atoms with Gasteiger partial charge in [0.1, 0.15) is 0 Å². The first kappa shape index (κ1) is 21.5. The van der Waals surface area contributed by atoms with Gasteiger partial charge in [-0.15, -0.1) is 0 Å². The van der Waals surface area contributed by atoms with Crippen LogP contribution in [-0.4, -0.2) is 56.9 Å². The van der Waals surface area contributed by atoms with E-state index in [0.29, 0.717) is 37.9 Å². The van der Waals surface area contributed by atoms with E-state index in [2.05, 4.69) is 0 Å². The molecule has 1 saturated heterocycles. The first-order chi connectivity index (χ1) is 13.9. The van der Waals surface area contributed by atoms with Gasteiger partial charge >= 0.3 is 0 Å². The van der Waals surface area contributed by atoms with E-state index in [1.54, 1.807) is 54.4 Å². The first-order valence-corrected chi connectivity index (χ1v) is 11.0. The van der Waals surface area contributed by atoms with E-state index >= 15 is 0 Å². The molecule has 3 rings (SSSR count). The Bertz CT molecular complexity index is 967. The van der Waals surface area contributed by atoms with Crippen LogP contribution in [0.25, 0.3) is 6.08 Å². The van der Waals surface area contributed by atoms with Crippen LogP contribution in [0.3, 0.4) is 0 Å². The van der Waals surface area contributed by atoms with Crippen LogP contribution in [0, 0.1) is 0 Å². The molecule has 8 heteroatoms. The van der Waals surface area contributed by atoms with Gasteiger partial charge in [0.15, 0.2) is 0 Å². The fraction of sp³-hybridized carbons (Fsp3) is 0.286. The summed E-state index contributed by atoms with van der Waals surface area (Å²) in [6.45, 7) is 2.01. The molecule has 1 amide bonds. The number of sulfonamides is 1. The van der Waals surface area contributed by atoms with E-state index < -0.39 is 10.0 Å². The highest BCUT2D eigenvalue weighted by Gasteiger charge is 2.25. The molecule has 0 aliphatic carbocycles. The Morgan fingerprint density at radius 1 is 1.10 bits per heavy atom. The normalized spacial score (nSPS) is 15.5. The molecule has 0 saturated carbocycles. The minimum atomic E-state index is -3.52. The number of benzene rings is 2. The zero-order valence-electron chi connectivity index (χ0n) is 16.1. The van der Waals surface area contributed by atoms with Gasteiger partial charge in [-0.05, 0) is 41.5 Å². The number of hydrogen-bond acceptors (Lipinski definition) is 4. The van der Waals surface area contributed by atoms with Crippen molar-refractivity contribution >= 4 is 33.6 Å². The van der Waals surface area contributed by atoms with Gasteiger partial charge in [-0.25, -0.2) is 8.42 Å². The zero-order valence-corrected chi connectivity index (χ0v) is 17.7. The van der Waals surface area contributed by atoms with Crippen molar-refractivity contribution in [3.63, 3.8) is 0 Å². The lowest BCUT2D eigenvalue weighted by molar-refractivity contribution is -0.125. The molecule has 0 N–H and O–H groups in total.